The largest absolute Gasteiger partial charge is 0.508 e. The molecule has 0 amide bonds. The van der Waals surface area contributed by atoms with Gasteiger partial charge in [-0.25, -0.2) is 4.79 Å². The summed E-state index contributed by atoms with van der Waals surface area (Å²) in [5, 5.41) is 0. The highest BCUT2D eigenvalue weighted by Gasteiger charge is 2.69. The van der Waals surface area contributed by atoms with E-state index in [1.807, 2.05) is 19.9 Å². The molecule has 0 bridgehead atoms. The van der Waals surface area contributed by atoms with E-state index in [9.17, 15) is 4.79 Å². The molecule has 0 spiro atoms. The summed E-state index contributed by atoms with van der Waals surface area (Å²) >= 11 is 0. The van der Waals surface area contributed by atoms with E-state index in [0.29, 0.717) is 0 Å². The number of cyclic esters (lactones) is 2. The van der Waals surface area contributed by atoms with Crippen LogP contribution >= 0.6 is 0 Å². The Kier molecular flexibility index (Phi) is 3.08. The Morgan fingerprint density at radius 1 is 1.30 bits per heavy atom. The van der Waals surface area contributed by atoms with Crippen molar-refractivity contribution in [1.82, 2.24) is 0 Å². The van der Waals surface area contributed by atoms with E-state index in [2.05, 4.69) is 29.8 Å². The zero-order chi connectivity index (χ0) is 16.1. The summed E-state index contributed by atoms with van der Waals surface area (Å²) in [6, 6.07) is 0. The van der Waals surface area contributed by atoms with Gasteiger partial charge in [-0.05, 0) is 44.8 Å². The monoisotopic (exact) mass is 310 g/mol. The number of epoxide rings is 1. The van der Waals surface area contributed by atoms with E-state index in [4.69, 9.17) is 14.2 Å². The second kappa shape index (κ2) is 4.91. The first-order valence-corrected chi connectivity index (χ1v) is 7.98. The number of ether oxygens (including phenoxy) is 3. The molecule has 2 saturated heterocycles. The molecule has 4 nitrogen and oxygen atoms in total. The third kappa shape index (κ3) is 2.35. The van der Waals surface area contributed by atoms with E-state index < -0.39 is 17.9 Å². The number of carbonyl (C=O) groups excluding carboxylic acids is 1. The molecule has 0 aromatic heterocycles. The van der Waals surface area contributed by atoms with Crippen molar-refractivity contribution in [3.8, 4) is 23.7 Å². The van der Waals surface area contributed by atoms with Crippen LogP contribution in [0.5, 0.6) is 0 Å². The lowest BCUT2D eigenvalue weighted by Gasteiger charge is -2.19. The van der Waals surface area contributed by atoms with Gasteiger partial charge in [0, 0.05) is 5.57 Å². The molecule has 2 aliphatic heterocycles. The predicted octanol–water partition coefficient (Wildman–Crippen LogP) is 2.74. The first-order chi connectivity index (χ1) is 11.0. The summed E-state index contributed by atoms with van der Waals surface area (Å²) in [6.07, 6.45) is 5.93. The summed E-state index contributed by atoms with van der Waals surface area (Å²) < 4.78 is 16.2. The Morgan fingerprint density at radius 2 is 2.17 bits per heavy atom. The van der Waals surface area contributed by atoms with Crippen LogP contribution in [0, 0.1) is 29.1 Å². The van der Waals surface area contributed by atoms with Crippen LogP contribution in [-0.2, 0) is 14.2 Å². The van der Waals surface area contributed by atoms with Crippen molar-refractivity contribution in [2.75, 3.05) is 6.61 Å². The Hall–Kier alpha value is -2.17. The first kappa shape index (κ1) is 14.4. The number of carbonyl (C=O) groups is 1. The zero-order valence-electron chi connectivity index (χ0n) is 13.3. The molecular weight excluding hydrogens is 292 g/mol. The smallest absolute Gasteiger partial charge is 0.430 e. The van der Waals surface area contributed by atoms with Gasteiger partial charge in [-0.3, -0.25) is 0 Å². The molecule has 4 aliphatic rings. The van der Waals surface area contributed by atoms with Crippen LogP contribution in [0.2, 0.25) is 0 Å². The fourth-order valence-electron chi connectivity index (χ4n) is 3.43. The van der Waals surface area contributed by atoms with Gasteiger partial charge in [0.2, 0.25) is 0 Å². The Labute approximate surface area is 135 Å². The summed E-state index contributed by atoms with van der Waals surface area (Å²) in [7, 11) is 0. The van der Waals surface area contributed by atoms with Crippen LogP contribution in [0.3, 0.4) is 0 Å². The van der Waals surface area contributed by atoms with Gasteiger partial charge in [0.1, 0.15) is 12.7 Å². The van der Waals surface area contributed by atoms with Crippen molar-refractivity contribution in [2.45, 2.75) is 50.9 Å². The third-order valence-corrected chi connectivity index (χ3v) is 4.75. The highest BCUT2D eigenvalue weighted by Crippen LogP contribution is 2.51. The standard InChI is InChI=1S/C19H18O4/c1-18(2)10-5-8-13-6-3-4-7-14(13)9-11-19(16(18)23-19)15-12-21-17(20)22-15/h7-8,15-16H,3-4,6,12H2,1-2H3/b13-8-/t15-,16-,19-/m1/s1. The molecule has 4 heteroatoms. The molecule has 0 aromatic carbocycles. The van der Waals surface area contributed by atoms with E-state index in [-0.39, 0.29) is 18.1 Å². The minimum Gasteiger partial charge on any atom is -0.430 e. The average molecular weight is 310 g/mol. The van der Waals surface area contributed by atoms with Crippen LogP contribution in [0.4, 0.5) is 4.79 Å². The van der Waals surface area contributed by atoms with Crippen LogP contribution in [0.1, 0.15) is 33.1 Å². The van der Waals surface area contributed by atoms with Crippen molar-refractivity contribution in [3.05, 3.63) is 23.3 Å². The molecule has 4 rings (SSSR count). The van der Waals surface area contributed by atoms with Gasteiger partial charge in [-0.2, -0.15) is 0 Å². The Bertz CT molecular complexity index is 750. The second-order valence-electron chi connectivity index (χ2n) is 6.88. The fraction of sp³-hybridized carbons (Fsp3) is 0.526. The first-order valence-electron chi connectivity index (χ1n) is 7.98. The maximum Gasteiger partial charge on any atom is 0.508 e. The van der Waals surface area contributed by atoms with Crippen LogP contribution < -0.4 is 0 Å². The highest BCUT2D eigenvalue weighted by molar-refractivity contribution is 5.63. The summed E-state index contributed by atoms with van der Waals surface area (Å²) in [6.45, 7) is 4.24. The van der Waals surface area contributed by atoms with Crippen LogP contribution in [0.25, 0.3) is 0 Å². The minimum absolute atomic E-state index is 0.176. The average Bonchev–Trinajstić information content (AvgIpc) is 3.13. The second-order valence-corrected chi connectivity index (χ2v) is 6.88. The SMILES string of the molecule is CC1(C)C#C/C=C2/CCCC=C2C#C[C@]2([C@H]3COC(=O)O3)O[C@H]12. The normalized spacial score (nSPS) is 38.6. The van der Waals surface area contributed by atoms with Crippen LogP contribution in [0.15, 0.2) is 23.3 Å². The van der Waals surface area contributed by atoms with E-state index in [0.717, 1.165) is 24.8 Å². The van der Waals surface area contributed by atoms with E-state index >= 15 is 0 Å². The van der Waals surface area contributed by atoms with E-state index in [1.165, 1.54) is 5.57 Å². The molecule has 0 unspecified atom stereocenters. The van der Waals surface area contributed by atoms with Gasteiger partial charge in [0.25, 0.3) is 0 Å². The number of allylic oxidation sites excluding steroid dienone is 4. The van der Waals surface area contributed by atoms with Gasteiger partial charge in [0.05, 0.1) is 5.41 Å². The maximum atomic E-state index is 11.3. The molecule has 23 heavy (non-hydrogen) atoms. The molecule has 118 valence electrons. The molecule has 3 atom stereocenters. The van der Waals surface area contributed by atoms with Crippen molar-refractivity contribution in [1.29, 1.82) is 0 Å². The van der Waals surface area contributed by atoms with Crippen molar-refractivity contribution in [3.63, 3.8) is 0 Å². The number of hydrogen-bond donors (Lipinski definition) is 0. The van der Waals surface area contributed by atoms with Gasteiger partial charge in [-0.15, -0.1) is 0 Å². The van der Waals surface area contributed by atoms with Gasteiger partial charge in [0.15, 0.2) is 11.7 Å². The molecular formula is C19H18O4. The molecule has 2 heterocycles. The number of rotatable bonds is 1. The third-order valence-electron chi connectivity index (χ3n) is 4.75. The maximum absolute atomic E-state index is 11.3. The summed E-state index contributed by atoms with van der Waals surface area (Å²) in [4.78, 5) is 11.3. The lowest BCUT2D eigenvalue weighted by Crippen LogP contribution is -2.37. The van der Waals surface area contributed by atoms with Gasteiger partial charge < -0.3 is 14.2 Å². The lowest BCUT2D eigenvalue weighted by atomic mass is 9.80. The topological polar surface area (TPSA) is 48.1 Å². The highest BCUT2D eigenvalue weighted by atomic mass is 16.8. The van der Waals surface area contributed by atoms with Gasteiger partial charge in [-0.1, -0.05) is 29.8 Å². The molecule has 2 aliphatic carbocycles. The fourth-order valence-corrected chi connectivity index (χ4v) is 3.43. The Morgan fingerprint density at radius 3 is 2.96 bits per heavy atom. The van der Waals surface area contributed by atoms with Crippen molar-refractivity contribution < 1.29 is 19.0 Å². The number of hydrogen-bond acceptors (Lipinski definition) is 4. The molecule has 2 fully saturated rings. The lowest BCUT2D eigenvalue weighted by molar-refractivity contribution is 0.0966. The molecule has 0 radical (unpaired) electrons. The quantitative estimate of drug-likeness (QED) is 0.424. The van der Waals surface area contributed by atoms with Crippen molar-refractivity contribution in [2.24, 2.45) is 5.41 Å². The van der Waals surface area contributed by atoms with Crippen LogP contribution in [-0.4, -0.2) is 30.6 Å². The summed E-state index contributed by atoms with van der Waals surface area (Å²) in [5.41, 5.74) is 1.01. The minimum atomic E-state index is -0.814. The van der Waals surface area contributed by atoms with E-state index in [1.54, 1.807) is 0 Å². The molecule has 0 N–H and O–H groups in total. The molecule has 0 aromatic rings. The molecule has 0 saturated carbocycles. The number of fused-ring (bicyclic) bond motifs is 2. The van der Waals surface area contributed by atoms with Gasteiger partial charge >= 0.3 is 6.16 Å². The zero-order valence-corrected chi connectivity index (χ0v) is 13.3. The Balaban J connectivity index is 1.78. The predicted molar refractivity (Wildman–Crippen MR) is 83.2 cm³/mol. The van der Waals surface area contributed by atoms with Crippen molar-refractivity contribution >= 4 is 6.16 Å². The summed E-state index contributed by atoms with van der Waals surface area (Å²) in [5.74, 6) is 13.0.